The van der Waals surface area contributed by atoms with Crippen LogP contribution < -0.4 is 4.72 Å². The van der Waals surface area contributed by atoms with Gasteiger partial charge in [0.25, 0.3) is 10.0 Å². The molecule has 3 rings (SSSR count). The minimum Gasteiger partial charge on any atom is -0.381 e. The van der Waals surface area contributed by atoms with Gasteiger partial charge in [-0.2, -0.15) is 0 Å². The normalized spacial score (nSPS) is 15.9. The zero-order valence-electron chi connectivity index (χ0n) is 19.7. The molecule has 0 aliphatic carbocycles. The number of ether oxygens (including phenoxy) is 1. The summed E-state index contributed by atoms with van der Waals surface area (Å²) < 4.78 is 34.4. The lowest BCUT2D eigenvalue weighted by molar-refractivity contribution is 0.0564. The van der Waals surface area contributed by atoms with Gasteiger partial charge >= 0.3 is 0 Å². The summed E-state index contributed by atoms with van der Waals surface area (Å²) >= 11 is 6.15. The number of carbonyl (C=O) groups excluding carboxylic acids is 1. The van der Waals surface area contributed by atoms with Gasteiger partial charge in [-0.05, 0) is 68.0 Å². The summed E-state index contributed by atoms with van der Waals surface area (Å²) in [6.45, 7) is 11.0. The van der Waals surface area contributed by atoms with E-state index >= 15 is 0 Å². The van der Waals surface area contributed by atoms with Crippen molar-refractivity contribution in [1.29, 1.82) is 0 Å². The molecule has 0 aromatic heterocycles. The fourth-order valence-electron chi connectivity index (χ4n) is 3.93. The van der Waals surface area contributed by atoms with Gasteiger partial charge in [0.05, 0.1) is 10.6 Å². The minimum absolute atomic E-state index is 0.0391. The molecule has 1 saturated heterocycles. The Morgan fingerprint density at radius 1 is 1.12 bits per heavy atom. The van der Waals surface area contributed by atoms with Crippen molar-refractivity contribution in [1.82, 2.24) is 0 Å². The molecular weight excluding hydrogens is 470 g/mol. The van der Waals surface area contributed by atoms with Crippen LogP contribution in [0.25, 0.3) is 0 Å². The zero-order valence-corrected chi connectivity index (χ0v) is 21.3. The van der Waals surface area contributed by atoms with Gasteiger partial charge in [-0.25, -0.2) is 8.42 Å². The van der Waals surface area contributed by atoms with E-state index in [4.69, 9.17) is 16.3 Å². The van der Waals surface area contributed by atoms with Gasteiger partial charge in [0, 0.05) is 29.4 Å². The molecule has 1 heterocycles. The molecule has 0 bridgehead atoms. The van der Waals surface area contributed by atoms with E-state index < -0.39 is 10.0 Å². The highest BCUT2D eigenvalue weighted by Crippen LogP contribution is 2.35. The van der Waals surface area contributed by atoms with Crippen molar-refractivity contribution >= 4 is 33.1 Å². The van der Waals surface area contributed by atoms with Gasteiger partial charge in [-0.3, -0.25) is 9.52 Å². The number of ketones is 1. The van der Waals surface area contributed by atoms with Crippen LogP contribution >= 0.6 is 11.6 Å². The van der Waals surface area contributed by atoms with Crippen LogP contribution in [-0.2, 0) is 20.2 Å². The summed E-state index contributed by atoms with van der Waals surface area (Å²) in [7, 11) is -3.94. The Labute approximate surface area is 207 Å². The monoisotopic (exact) mass is 499 g/mol. The Kier molecular flexibility index (Phi) is 8.18. The van der Waals surface area contributed by atoms with E-state index in [0.717, 1.165) is 24.0 Å². The van der Waals surface area contributed by atoms with Crippen molar-refractivity contribution < 1.29 is 17.9 Å². The van der Waals surface area contributed by atoms with E-state index in [0.29, 0.717) is 23.8 Å². The maximum Gasteiger partial charge on any atom is 0.261 e. The van der Waals surface area contributed by atoms with Crippen LogP contribution in [0.4, 0.5) is 5.69 Å². The quantitative estimate of drug-likeness (QED) is 0.256. The molecule has 0 unspecified atom stereocenters. The lowest BCUT2D eigenvalue weighted by Gasteiger charge is -2.34. The van der Waals surface area contributed by atoms with Crippen molar-refractivity contribution in [3.8, 4) is 0 Å². The van der Waals surface area contributed by atoms with Crippen LogP contribution in [0, 0.1) is 0 Å². The fourth-order valence-corrected chi connectivity index (χ4v) is 5.18. The highest BCUT2D eigenvalue weighted by molar-refractivity contribution is 7.92. The number of carbonyl (C=O) groups is 1. The van der Waals surface area contributed by atoms with Crippen LogP contribution in [0.1, 0.15) is 49.5 Å². The molecule has 0 radical (unpaired) electrons. The number of rotatable bonds is 8. The largest absolute Gasteiger partial charge is 0.381 e. The SMILES string of the molecule is C=C/C=C(\C=C(C)C)C(=O)c1cc(Cl)ccc1NS(=O)(=O)c1ccc(C2(C)CCOCC2)cc1. The molecule has 0 atom stereocenters. The van der Waals surface area contributed by atoms with Crippen LogP contribution in [0.3, 0.4) is 0 Å². The number of sulfonamides is 1. The molecule has 2 aromatic carbocycles. The van der Waals surface area contributed by atoms with Crippen molar-refractivity contribution in [2.24, 2.45) is 0 Å². The zero-order chi connectivity index (χ0) is 24.9. The van der Waals surface area contributed by atoms with Crippen molar-refractivity contribution in [2.45, 2.75) is 43.9 Å². The molecule has 1 fully saturated rings. The number of hydrogen-bond donors (Lipinski definition) is 1. The number of allylic oxidation sites excluding steroid dienone is 5. The molecule has 0 spiro atoms. The van der Waals surface area contributed by atoms with E-state index in [1.54, 1.807) is 30.4 Å². The molecule has 1 aliphatic heterocycles. The van der Waals surface area contributed by atoms with Gasteiger partial charge in [-0.15, -0.1) is 0 Å². The smallest absolute Gasteiger partial charge is 0.261 e. The number of halogens is 1. The van der Waals surface area contributed by atoms with E-state index in [1.807, 2.05) is 26.0 Å². The van der Waals surface area contributed by atoms with E-state index in [1.165, 1.54) is 18.2 Å². The molecule has 5 nitrogen and oxygen atoms in total. The first-order valence-electron chi connectivity index (χ1n) is 11.1. The molecule has 34 heavy (non-hydrogen) atoms. The molecule has 180 valence electrons. The Balaban J connectivity index is 1.93. The van der Waals surface area contributed by atoms with E-state index in [2.05, 4.69) is 18.2 Å². The highest BCUT2D eigenvalue weighted by atomic mass is 35.5. The van der Waals surface area contributed by atoms with Gasteiger partial charge in [0.15, 0.2) is 5.78 Å². The van der Waals surface area contributed by atoms with Crippen molar-refractivity contribution in [2.75, 3.05) is 17.9 Å². The average molecular weight is 500 g/mol. The van der Waals surface area contributed by atoms with Crippen molar-refractivity contribution in [3.05, 3.63) is 94.6 Å². The third-order valence-electron chi connectivity index (χ3n) is 5.93. The average Bonchev–Trinajstić information content (AvgIpc) is 2.80. The van der Waals surface area contributed by atoms with Gasteiger partial charge in [0.1, 0.15) is 0 Å². The molecule has 0 saturated carbocycles. The molecule has 7 heteroatoms. The first-order valence-corrected chi connectivity index (χ1v) is 12.9. The number of Topliss-reactive ketones (excluding diaryl/α,β-unsaturated/α-hetero) is 1. The number of benzene rings is 2. The Morgan fingerprint density at radius 2 is 1.76 bits per heavy atom. The summed E-state index contributed by atoms with van der Waals surface area (Å²) in [6.07, 6.45) is 6.60. The third-order valence-corrected chi connectivity index (χ3v) is 7.55. The Morgan fingerprint density at radius 3 is 2.35 bits per heavy atom. The number of hydrogen-bond acceptors (Lipinski definition) is 4. The molecule has 1 aliphatic rings. The standard InChI is InChI=1S/C27H30ClNO4S/c1-5-6-20(17-19(2)3)26(30)24-18-22(28)9-12-25(24)29-34(31,32)23-10-7-21(8-11-23)27(4)13-15-33-16-14-27/h5-12,17-18,29H,1,13-16H2,2-4H3/b20-6+. The Bertz CT molecular complexity index is 1230. The predicted molar refractivity (Wildman–Crippen MR) is 138 cm³/mol. The molecule has 2 aromatic rings. The maximum atomic E-state index is 13.3. The number of anilines is 1. The number of nitrogens with one attached hydrogen (secondary N) is 1. The van der Waals surface area contributed by atoms with Crippen molar-refractivity contribution in [3.63, 3.8) is 0 Å². The molecular formula is C27H30ClNO4S. The second-order valence-electron chi connectivity index (χ2n) is 8.90. The minimum atomic E-state index is -3.94. The second kappa shape index (κ2) is 10.7. The molecule has 0 amide bonds. The lowest BCUT2D eigenvalue weighted by atomic mass is 9.76. The lowest BCUT2D eigenvalue weighted by Crippen LogP contribution is -2.30. The van der Waals surface area contributed by atoms with E-state index in [9.17, 15) is 13.2 Å². The van der Waals surface area contributed by atoms with Gasteiger partial charge in [0.2, 0.25) is 0 Å². The van der Waals surface area contributed by atoms with Gasteiger partial charge < -0.3 is 4.74 Å². The van der Waals surface area contributed by atoms with Crippen LogP contribution in [-0.4, -0.2) is 27.4 Å². The summed E-state index contributed by atoms with van der Waals surface area (Å²) in [5, 5.41) is 0.329. The summed E-state index contributed by atoms with van der Waals surface area (Å²) in [5.41, 5.74) is 2.66. The summed E-state index contributed by atoms with van der Waals surface area (Å²) in [4.78, 5) is 13.4. The third kappa shape index (κ3) is 6.06. The first-order chi connectivity index (χ1) is 16.1. The fraction of sp³-hybridized carbons (Fsp3) is 0.296. The highest BCUT2D eigenvalue weighted by Gasteiger charge is 2.30. The maximum absolute atomic E-state index is 13.3. The van der Waals surface area contributed by atoms with E-state index in [-0.39, 0.29) is 27.3 Å². The molecule has 1 N–H and O–H groups in total. The van der Waals surface area contributed by atoms with Crippen LogP contribution in [0.5, 0.6) is 0 Å². The first kappa shape index (κ1) is 25.9. The van der Waals surface area contributed by atoms with Crippen LogP contribution in [0.2, 0.25) is 5.02 Å². The summed E-state index contributed by atoms with van der Waals surface area (Å²) in [6, 6.07) is 11.4. The van der Waals surface area contributed by atoms with Crippen LogP contribution in [0.15, 0.2) is 83.3 Å². The Hall–Kier alpha value is -2.67. The topological polar surface area (TPSA) is 72.5 Å². The second-order valence-corrected chi connectivity index (χ2v) is 11.0. The predicted octanol–water partition coefficient (Wildman–Crippen LogP) is 6.47. The van der Waals surface area contributed by atoms with Gasteiger partial charge in [-0.1, -0.05) is 61.0 Å². The summed E-state index contributed by atoms with van der Waals surface area (Å²) in [5.74, 6) is -0.357.